The van der Waals surface area contributed by atoms with Crippen LogP contribution in [-0.2, 0) is 4.79 Å². The van der Waals surface area contributed by atoms with E-state index in [1.54, 1.807) is 21.3 Å². The molecule has 2 saturated heterocycles. The van der Waals surface area contributed by atoms with Crippen molar-refractivity contribution in [3.05, 3.63) is 47.5 Å². The van der Waals surface area contributed by atoms with E-state index >= 15 is 0 Å². The van der Waals surface area contributed by atoms with Gasteiger partial charge in [-0.25, -0.2) is 0 Å². The molecule has 0 saturated carbocycles. The average molecular weight is 505 g/mol. The highest BCUT2D eigenvalue weighted by atomic mass is 16.5. The number of hydrogen-bond donors (Lipinski definition) is 2. The lowest BCUT2D eigenvalue weighted by molar-refractivity contribution is -0.129. The molecule has 2 fully saturated rings. The number of hydrogen-bond acceptors (Lipinski definition) is 5. The Labute approximate surface area is 217 Å². The van der Waals surface area contributed by atoms with Gasteiger partial charge in [-0.2, -0.15) is 0 Å². The molecule has 5 rings (SSSR count). The molecule has 2 amide bonds. The predicted octanol–water partition coefficient (Wildman–Crippen LogP) is 3.73. The van der Waals surface area contributed by atoms with E-state index < -0.39 is 0 Å². The Morgan fingerprint density at radius 2 is 1.65 bits per heavy atom. The van der Waals surface area contributed by atoms with E-state index in [1.807, 2.05) is 46.2 Å². The molecule has 2 aliphatic heterocycles. The Kier molecular flexibility index (Phi) is 6.86. The van der Waals surface area contributed by atoms with Crippen molar-refractivity contribution in [2.45, 2.75) is 19.8 Å². The van der Waals surface area contributed by atoms with Crippen molar-refractivity contribution in [1.82, 2.24) is 20.1 Å². The van der Waals surface area contributed by atoms with Gasteiger partial charge in [0.15, 0.2) is 11.5 Å². The van der Waals surface area contributed by atoms with Gasteiger partial charge >= 0.3 is 0 Å². The number of aromatic nitrogens is 1. The second-order valence-corrected chi connectivity index (χ2v) is 10.5. The number of amides is 2. The molecule has 2 unspecified atom stereocenters. The summed E-state index contributed by atoms with van der Waals surface area (Å²) in [7, 11) is 5.06. The van der Waals surface area contributed by atoms with Crippen LogP contribution in [0.5, 0.6) is 11.5 Å². The van der Waals surface area contributed by atoms with E-state index in [4.69, 9.17) is 9.47 Å². The largest absolute Gasteiger partial charge is 0.493 e. The van der Waals surface area contributed by atoms with Gasteiger partial charge in [0.1, 0.15) is 0 Å². The van der Waals surface area contributed by atoms with Crippen molar-refractivity contribution in [2.24, 2.45) is 11.8 Å². The maximum absolute atomic E-state index is 13.5. The molecule has 0 aliphatic carbocycles. The van der Waals surface area contributed by atoms with Gasteiger partial charge in [0.2, 0.25) is 5.91 Å². The van der Waals surface area contributed by atoms with Gasteiger partial charge in [0.05, 0.1) is 26.5 Å². The Morgan fingerprint density at radius 1 is 0.973 bits per heavy atom. The minimum Gasteiger partial charge on any atom is -0.493 e. The summed E-state index contributed by atoms with van der Waals surface area (Å²) in [4.78, 5) is 33.3. The lowest BCUT2D eigenvalue weighted by Crippen LogP contribution is -2.39. The Hall–Kier alpha value is -3.52. The van der Waals surface area contributed by atoms with Crippen LogP contribution >= 0.6 is 0 Å². The number of methoxy groups -OCH3 is 2. The first-order valence-corrected chi connectivity index (χ1v) is 12.9. The molecule has 0 radical (unpaired) electrons. The molecular weight excluding hydrogens is 468 g/mol. The molecule has 196 valence electrons. The Bertz CT molecular complexity index is 1320. The first-order chi connectivity index (χ1) is 17.8. The van der Waals surface area contributed by atoms with Crippen LogP contribution in [0.15, 0.2) is 36.4 Å². The van der Waals surface area contributed by atoms with E-state index in [-0.39, 0.29) is 17.7 Å². The summed E-state index contributed by atoms with van der Waals surface area (Å²) >= 11 is 0. The minimum absolute atomic E-state index is 0.0629. The van der Waals surface area contributed by atoms with E-state index in [2.05, 4.69) is 24.1 Å². The number of rotatable bonds is 7. The van der Waals surface area contributed by atoms with Crippen molar-refractivity contribution in [3.8, 4) is 22.8 Å². The van der Waals surface area contributed by atoms with Crippen LogP contribution in [0.25, 0.3) is 22.2 Å². The normalized spacial score (nSPS) is 19.1. The Balaban J connectivity index is 1.41. The van der Waals surface area contributed by atoms with Crippen LogP contribution in [0.2, 0.25) is 0 Å². The summed E-state index contributed by atoms with van der Waals surface area (Å²) in [6.45, 7) is 7.57. The molecule has 8 nitrogen and oxygen atoms in total. The lowest BCUT2D eigenvalue weighted by atomic mass is 9.95. The molecule has 2 aromatic carbocycles. The summed E-state index contributed by atoms with van der Waals surface area (Å²) in [5.41, 5.74) is 4.92. The second kappa shape index (κ2) is 10.1. The third kappa shape index (κ3) is 4.55. The van der Waals surface area contributed by atoms with Crippen LogP contribution in [0.3, 0.4) is 0 Å². The van der Waals surface area contributed by atoms with E-state index in [9.17, 15) is 9.59 Å². The highest BCUT2D eigenvalue weighted by Gasteiger charge is 2.43. The molecule has 1 aromatic heterocycles. The fraction of sp³-hybridized carbons (Fsp3) is 0.448. The zero-order valence-corrected chi connectivity index (χ0v) is 22.3. The number of nitrogens with one attached hydrogen (secondary N) is 2. The van der Waals surface area contributed by atoms with Crippen LogP contribution in [-0.4, -0.2) is 80.6 Å². The van der Waals surface area contributed by atoms with Crippen LogP contribution < -0.4 is 14.8 Å². The number of H-pyrrole nitrogens is 1. The quantitative estimate of drug-likeness (QED) is 0.512. The van der Waals surface area contributed by atoms with Gasteiger partial charge in [-0.3, -0.25) is 9.59 Å². The number of fused-ring (bicyclic) bond motifs is 2. The van der Waals surface area contributed by atoms with Crippen molar-refractivity contribution in [3.63, 3.8) is 0 Å². The zero-order chi connectivity index (χ0) is 26.3. The summed E-state index contributed by atoms with van der Waals surface area (Å²) in [5, 5.41) is 4.00. The molecule has 8 heteroatoms. The second-order valence-electron chi connectivity index (χ2n) is 10.5. The highest BCUT2D eigenvalue weighted by Crippen LogP contribution is 2.39. The maximum atomic E-state index is 13.5. The van der Waals surface area contributed by atoms with Gasteiger partial charge in [0, 0.05) is 60.0 Å². The van der Waals surface area contributed by atoms with Gasteiger partial charge in [-0.05, 0) is 54.9 Å². The summed E-state index contributed by atoms with van der Waals surface area (Å²) in [5.74, 6) is 2.51. The maximum Gasteiger partial charge on any atom is 0.253 e. The molecular formula is C29H36N4O4. The number of ether oxygens (including phenoxy) is 2. The number of nitrogens with zero attached hydrogens (tertiary/aromatic N) is 2. The summed E-state index contributed by atoms with van der Waals surface area (Å²) < 4.78 is 10.9. The first-order valence-electron chi connectivity index (χ1n) is 12.9. The van der Waals surface area contributed by atoms with Crippen molar-refractivity contribution in [1.29, 1.82) is 0 Å². The van der Waals surface area contributed by atoms with Gasteiger partial charge in [-0.15, -0.1) is 0 Å². The number of likely N-dealkylation sites (N-methyl/N-ethyl adjacent to an activating group) is 1. The molecule has 2 N–H and O–H groups in total. The SMILES string of the molecule is CNCC(=O)N1CC2CN(C(=O)c3ccc4[nH]c(-c5ccc(OC)c(OC)c5)c(C(C)C)c4c3)CC2C1. The summed E-state index contributed by atoms with van der Waals surface area (Å²) in [6, 6.07) is 11.9. The Morgan fingerprint density at radius 3 is 2.27 bits per heavy atom. The fourth-order valence-electron chi connectivity index (χ4n) is 5.97. The van der Waals surface area contributed by atoms with E-state index in [0.717, 1.165) is 35.2 Å². The van der Waals surface area contributed by atoms with Crippen molar-refractivity contribution >= 4 is 22.7 Å². The van der Waals surface area contributed by atoms with Gasteiger partial charge in [-0.1, -0.05) is 13.8 Å². The van der Waals surface area contributed by atoms with Crippen LogP contribution in [0.1, 0.15) is 35.7 Å². The third-order valence-corrected chi connectivity index (χ3v) is 7.79. The monoisotopic (exact) mass is 504 g/mol. The first kappa shape index (κ1) is 25.1. The van der Waals surface area contributed by atoms with E-state index in [1.165, 1.54) is 5.56 Å². The molecule has 2 aliphatic rings. The highest BCUT2D eigenvalue weighted by molar-refractivity contribution is 6.01. The number of benzene rings is 2. The standard InChI is InChI=1S/C29H36N4O4/c1-17(2)27-22-10-19(29(35)33-15-20-13-32(14-21(20)16-33)26(34)12-30-3)6-8-23(22)31-28(27)18-7-9-24(36-4)25(11-18)37-5/h6-11,17,20-21,30-31H,12-16H2,1-5H3. The lowest BCUT2D eigenvalue weighted by Gasteiger charge is -2.22. The number of carbonyl (C=O) groups is 2. The molecule has 0 bridgehead atoms. The van der Waals surface area contributed by atoms with E-state index in [0.29, 0.717) is 48.5 Å². The number of aromatic amines is 1. The molecule has 3 heterocycles. The fourth-order valence-corrected chi connectivity index (χ4v) is 5.97. The average Bonchev–Trinajstić information content (AvgIpc) is 3.59. The topological polar surface area (TPSA) is 86.9 Å². The molecule has 3 aromatic rings. The van der Waals surface area contributed by atoms with Crippen LogP contribution in [0, 0.1) is 11.8 Å². The summed E-state index contributed by atoms with van der Waals surface area (Å²) in [6.07, 6.45) is 0. The number of likely N-dealkylation sites (tertiary alicyclic amines) is 2. The smallest absolute Gasteiger partial charge is 0.253 e. The molecule has 2 atom stereocenters. The van der Waals surface area contributed by atoms with Crippen molar-refractivity contribution in [2.75, 3.05) is 54.0 Å². The minimum atomic E-state index is 0.0629. The van der Waals surface area contributed by atoms with Crippen molar-refractivity contribution < 1.29 is 19.1 Å². The van der Waals surface area contributed by atoms with Crippen LogP contribution in [0.4, 0.5) is 0 Å². The predicted molar refractivity (Wildman–Crippen MR) is 144 cm³/mol. The third-order valence-electron chi connectivity index (χ3n) is 7.79. The van der Waals surface area contributed by atoms with Gasteiger partial charge < -0.3 is 29.6 Å². The zero-order valence-electron chi connectivity index (χ0n) is 22.3. The molecule has 0 spiro atoms. The molecule has 37 heavy (non-hydrogen) atoms. The number of carbonyl (C=O) groups excluding carboxylic acids is 2. The van der Waals surface area contributed by atoms with Gasteiger partial charge in [0.25, 0.3) is 5.91 Å².